The predicted molar refractivity (Wildman–Crippen MR) is 66.5 cm³/mol. The second-order valence-corrected chi connectivity index (χ2v) is 4.78. The largest absolute Gasteiger partial charge is 0.324 e. The number of rotatable bonds is 3. The maximum atomic E-state index is 4.75. The van der Waals surface area contributed by atoms with Crippen LogP contribution in [0.2, 0.25) is 0 Å². The topological polar surface area (TPSA) is 17.8 Å². The zero-order valence-corrected chi connectivity index (χ0v) is 9.61. The minimum Gasteiger partial charge on any atom is -0.324 e. The third-order valence-corrected chi connectivity index (χ3v) is 3.05. The number of para-hydroxylation sites is 2. The molecule has 0 amide bonds. The van der Waals surface area contributed by atoms with Crippen molar-refractivity contribution in [3.05, 3.63) is 42.2 Å². The number of allylic oxidation sites excluding steroid dienone is 1. The molecule has 0 saturated heterocycles. The number of hydrogen-bond donors (Lipinski definition) is 0. The van der Waals surface area contributed by atoms with Crippen LogP contribution in [0.3, 0.4) is 0 Å². The van der Waals surface area contributed by atoms with Crippen molar-refractivity contribution in [3.8, 4) is 0 Å². The maximum Gasteiger partial charge on any atom is 0.113 e. The Hall–Kier alpha value is -1.57. The molecule has 82 valence electrons. The highest BCUT2D eigenvalue weighted by atomic mass is 15.1. The van der Waals surface area contributed by atoms with Crippen LogP contribution in [0.1, 0.15) is 31.5 Å². The first-order chi connectivity index (χ1) is 7.75. The molecule has 2 aromatic rings. The fourth-order valence-electron chi connectivity index (χ4n) is 2.18. The van der Waals surface area contributed by atoms with E-state index in [1.807, 2.05) is 0 Å². The Morgan fingerprint density at radius 3 is 2.88 bits per heavy atom. The Bertz CT molecular complexity index is 547. The lowest BCUT2D eigenvalue weighted by Crippen LogP contribution is -2.03. The Kier molecular flexibility index (Phi) is 2.10. The number of nitrogens with zero attached hydrogens (tertiary/aromatic N) is 2. The van der Waals surface area contributed by atoms with Crippen LogP contribution in [-0.4, -0.2) is 9.55 Å². The highest BCUT2D eigenvalue weighted by Crippen LogP contribution is 2.40. The van der Waals surface area contributed by atoms with Gasteiger partial charge in [0.1, 0.15) is 5.82 Å². The standard InChI is InChI=1S/C14H16N2/c1-10(2)9-16-13-6-4-3-5-12(13)15-14(16)11-7-8-11/h3-6,11H,1,7-9H2,2H3. The van der Waals surface area contributed by atoms with Gasteiger partial charge in [-0.05, 0) is 31.9 Å². The third-order valence-electron chi connectivity index (χ3n) is 3.05. The SMILES string of the molecule is C=C(C)Cn1c(C2CC2)nc2ccccc21. The second kappa shape index (κ2) is 3.48. The molecule has 1 aromatic carbocycles. The van der Waals surface area contributed by atoms with Crippen molar-refractivity contribution in [1.29, 1.82) is 0 Å². The maximum absolute atomic E-state index is 4.75. The van der Waals surface area contributed by atoms with Gasteiger partial charge >= 0.3 is 0 Å². The molecule has 1 aliphatic carbocycles. The molecule has 0 radical (unpaired) electrons. The molecule has 1 fully saturated rings. The van der Waals surface area contributed by atoms with Crippen LogP contribution in [0.5, 0.6) is 0 Å². The summed E-state index contributed by atoms with van der Waals surface area (Å²) in [5.41, 5.74) is 3.54. The smallest absolute Gasteiger partial charge is 0.113 e. The van der Waals surface area contributed by atoms with Gasteiger partial charge in [-0.15, -0.1) is 0 Å². The summed E-state index contributed by atoms with van der Waals surface area (Å²) < 4.78 is 2.33. The first-order valence-electron chi connectivity index (χ1n) is 5.85. The van der Waals surface area contributed by atoms with E-state index in [0.717, 1.165) is 12.1 Å². The molecule has 16 heavy (non-hydrogen) atoms. The number of hydrogen-bond acceptors (Lipinski definition) is 1. The summed E-state index contributed by atoms with van der Waals surface area (Å²) in [6.07, 6.45) is 2.58. The molecule has 0 unspecified atom stereocenters. The number of aromatic nitrogens is 2. The number of benzene rings is 1. The predicted octanol–water partition coefficient (Wildman–Crippen LogP) is 3.49. The van der Waals surface area contributed by atoms with Crippen LogP contribution in [-0.2, 0) is 6.54 Å². The third kappa shape index (κ3) is 1.54. The average Bonchev–Trinajstić information content (AvgIpc) is 3.03. The molecular weight excluding hydrogens is 196 g/mol. The van der Waals surface area contributed by atoms with Crippen molar-refractivity contribution in [3.63, 3.8) is 0 Å². The monoisotopic (exact) mass is 212 g/mol. The van der Waals surface area contributed by atoms with E-state index < -0.39 is 0 Å². The summed E-state index contributed by atoms with van der Waals surface area (Å²) in [5.74, 6) is 1.94. The van der Waals surface area contributed by atoms with Gasteiger partial charge in [-0.2, -0.15) is 0 Å². The first kappa shape index (κ1) is 9.64. The molecule has 1 aromatic heterocycles. The van der Waals surface area contributed by atoms with Crippen LogP contribution >= 0.6 is 0 Å². The zero-order valence-electron chi connectivity index (χ0n) is 9.61. The van der Waals surface area contributed by atoms with Gasteiger partial charge in [-0.3, -0.25) is 0 Å². The lowest BCUT2D eigenvalue weighted by atomic mass is 10.3. The lowest BCUT2D eigenvalue weighted by molar-refractivity contribution is 0.738. The van der Waals surface area contributed by atoms with E-state index in [2.05, 4.69) is 42.3 Å². The molecule has 3 rings (SSSR count). The van der Waals surface area contributed by atoms with Crippen LogP contribution in [0, 0.1) is 0 Å². The van der Waals surface area contributed by atoms with E-state index in [1.165, 1.54) is 29.8 Å². The van der Waals surface area contributed by atoms with Crippen molar-refractivity contribution in [1.82, 2.24) is 9.55 Å². The minimum absolute atomic E-state index is 0.687. The molecule has 0 N–H and O–H groups in total. The van der Waals surface area contributed by atoms with Gasteiger partial charge in [0, 0.05) is 12.5 Å². The molecule has 1 heterocycles. The van der Waals surface area contributed by atoms with E-state index in [0.29, 0.717) is 5.92 Å². The van der Waals surface area contributed by atoms with E-state index in [4.69, 9.17) is 4.98 Å². The molecule has 0 atom stereocenters. The Labute approximate surface area is 95.6 Å². The summed E-state index contributed by atoms with van der Waals surface area (Å²) >= 11 is 0. The van der Waals surface area contributed by atoms with Crippen LogP contribution < -0.4 is 0 Å². The Morgan fingerprint density at radius 2 is 2.19 bits per heavy atom. The Morgan fingerprint density at radius 1 is 1.44 bits per heavy atom. The molecule has 2 nitrogen and oxygen atoms in total. The van der Waals surface area contributed by atoms with Crippen molar-refractivity contribution >= 4 is 11.0 Å². The minimum atomic E-state index is 0.687. The highest BCUT2D eigenvalue weighted by Gasteiger charge is 2.29. The van der Waals surface area contributed by atoms with E-state index in [9.17, 15) is 0 Å². The van der Waals surface area contributed by atoms with Crippen LogP contribution in [0.15, 0.2) is 36.4 Å². The van der Waals surface area contributed by atoms with E-state index in [-0.39, 0.29) is 0 Å². The van der Waals surface area contributed by atoms with Gasteiger partial charge in [-0.25, -0.2) is 4.98 Å². The van der Waals surface area contributed by atoms with Gasteiger partial charge in [0.2, 0.25) is 0 Å². The molecule has 0 spiro atoms. The molecule has 0 aliphatic heterocycles. The molecule has 2 heteroatoms. The van der Waals surface area contributed by atoms with Crippen molar-refractivity contribution in [2.75, 3.05) is 0 Å². The molecule has 0 bridgehead atoms. The lowest BCUT2D eigenvalue weighted by Gasteiger charge is -2.07. The van der Waals surface area contributed by atoms with Gasteiger partial charge in [0.05, 0.1) is 11.0 Å². The molecule has 1 aliphatic rings. The summed E-state index contributed by atoms with van der Waals surface area (Å²) in [6, 6.07) is 8.38. The van der Waals surface area contributed by atoms with Crippen LogP contribution in [0.4, 0.5) is 0 Å². The van der Waals surface area contributed by atoms with Crippen molar-refractivity contribution < 1.29 is 0 Å². The van der Waals surface area contributed by atoms with Crippen molar-refractivity contribution in [2.24, 2.45) is 0 Å². The fraction of sp³-hybridized carbons (Fsp3) is 0.357. The van der Waals surface area contributed by atoms with Gasteiger partial charge < -0.3 is 4.57 Å². The Balaban J connectivity index is 2.18. The second-order valence-electron chi connectivity index (χ2n) is 4.78. The normalized spacial score (nSPS) is 15.6. The summed E-state index contributed by atoms with van der Waals surface area (Å²) in [7, 11) is 0. The number of imidazole rings is 1. The van der Waals surface area contributed by atoms with E-state index >= 15 is 0 Å². The van der Waals surface area contributed by atoms with Gasteiger partial charge in [-0.1, -0.05) is 24.3 Å². The highest BCUT2D eigenvalue weighted by molar-refractivity contribution is 5.76. The van der Waals surface area contributed by atoms with Gasteiger partial charge in [0.25, 0.3) is 0 Å². The number of fused-ring (bicyclic) bond motifs is 1. The zero-order chi connectivity index (χ0) is 11.1. The summed E-state index contributed by atoms with van der Waals surface area (Å²) in [6.45, 7) is 6.98. The summed E-state index contributed by atoms with van der Waals surface area (Å²) in [4.78, 5) is 4.75. The van der Waals surface area contributed by atoms with E-state index in [1.54, 1.807) is 0 Å². The average molecular weight is 212 g/mol. The van der Waals surface area contributed by atoms with Crippen LogP contribution in [0.25, 0.3) is 11.0 Å². The summed E-state index contributed by atoms with van der Waals surface area (Å²) in [5, 5.41) is 0. The quantitative estimate of drug-likeness (QED) is 0.712. The molecular formula is C14H16N2. The molecule has 1 saturated carbocycles. The fourth-order valence-corrected chi connectivity index (χ4v) is 2.18. The first-order valence-corrected chi connectivity index (χ1v) is 5.85. The van der Waals surface area contributed by atoms with Gasteiger partial charge in [0.15, 0.2) is 0 Å². The van der Waals surface area contributed by atoms with Crippen molar-refractivity contribution in [2.45, 2.75) is 32.2 Å².